The highest BCUT2D eigenvalue weighted by Gasteiger charge is 2.45. The van der Waals surface area contributed by atoms with Crippen LogP contribution in [0.4, 0.5) is 11.4 Å². The molecule has 0 atom stereocenters. The minimum Gasteiger partial charge on any atom is -0.457 e. The number of benzene rings is 3. The molecule has 2 heterocycles. The maximum absolute atomic E-state index is 12.5. The molecule has 14 heteroatoms. The number of nitrogens with zero attached hydrogens (tertiary/aromatic N) is 4. The Hall–Kier alpha value is -4.70. The molecule has 2 aliphatic heterocycles. The third kappa shape index (κ3) is 13.5. The van der Waals surface area contributed by atoms with Gasteiger partial charge in [0, 0.05) is 61.3 Å². The number of ketones is 1. The van der Waals surface area contributed by atoms with Crippen LogP contribution in [-0.2, 0) is 43.3 Å². The molecule has 12 nitrogen and oxygen atoms in total. The first-order chi connectivity index (χ1) is 31.2. The summed E-state index contributed by atoms with van der Waals surface area (Å²) < 4.78 is 79.7. The number of aryl methyl sites for hydroxylation is 1. The van der Waals surface area contributed by atoms with Crippen LogP contribution in [0, 0.1) is 5.92 Å². The van der Waals surface area contributed by atoms with Gasteiger partial charge in [0.15, 0.2) is 12.3 Å². The number of Topliss-reactive ketones (excluding diaryl/α,β-unsaturated/α-hetero) is 1. The quantitative estimate of drug-likeness (QED) is 0.0644. The molecule has 67 heavy (non-hydrogen) atoms. The summed E-state index contributed by atoms with van der Waals surface area (Å²) in [4.78, 5) is 14.5. The second-order valence-electron chi connectivity index (χ2n) is 21.4. The van der Waals surface area contributed by atoms with Crippen molar-refractivity contribution in [3.05, 3.63) is 124 Å². The summed E-state index contributed by atoms with van der Waals surface area (Å²) in [7, 11) is 4.20. The zero-order valence-electron chi connectivity index (χ0n) is 41.3. The highest BCUT2D eigenvalue weighted by molar-refractivity contribution is 7.86. The summed E-state index contributed by atoms with van der Waals surface area (Å²) in [5.74, 6) is 2.01. The number of carbonyl (C=O) groups excluding carboxylic acids is 1. The largest absolute Gasteiger partial charge is 0.457 e. The summed E-state index contributed by atoms with van der Waals surface area (Å²) in [5, 5.41) is 0. The number of rotatable bonds is 20. The fourth-order valence-corrected chi connectivity index (χ4v) is 10.4. The van der Waals surface area contributed by atoms with Gasteiger partial charge in [0.05, 0.1) is 77.0 Å². The van der Waals surface area contributed by atoms with Crippen LogP contribution in [-0.4, -0.2) is 119 Å². The van der Waals surface area contributed by atoms with E-state index in [1.54, 1.807) is 24.3 Å². The minimum absolute atomic E-state index is 0.120. The highest BCUT2D eigenvalue weighted by Crippen LogP contribution is 2.43. The van der Waals surface area contributed by atoms with E-state index in [-0.39, 0.29) is 15.6 Å². The number of hydrogen-bond acceptors (Lipinski definition) is 7. The minimum atomic E-state index is -4.42. The lowest BCUT2D eigenvalue weighted by molar-refractivity contribution is -0.871. The Bertz CT molecular complexity index is 2730. The molecule has 0 saturated heterocycles. The van der Waals surface area contributed by atoms with Gasteiger partial charge >= 0.3 is 0 Å². The maximum Gasteiger partial charge on any atom is 0.294 e. The molecule has 0 saturated carbocycles. The van der Waals surface area contributed by atoms with Gasteiger partial charge < -0.3 is 18.6 Å². The lowest BCUT2D eigenvalue weighted by Gasteiger charge is -2.27. The van der Waals surface area contributed by atoms with E-state index >= 15 is 0 Å². The van der Waals surface area contributed by atoms with Crippen LogP contribution >= 0.6 is 0 Å². The van der Waals surface area contributed by atoms with Crippen molar-refractivity contribution in [1.29, 1.82) is 0 Å². The molecule has 0 spiro atoms. The maximum atomic E-state index is 12.5. The van der Waals surface area contributed by atoms with Crippen molar-refractivity contribution in [1.82, 2.24) is 0 Å². The van der Waals surface area contributed by atoms with Crippen molar-refractivity contribution in [2.75, 3.05) is 73.4 Å². The van der Waals surface area contributed by atoms with Gasteiger partial charge in [0.2, 0.25) is 5.69 Å². The fraction of sp³-hybridized carbons (Fsp3) is 0.472. The van der Waals surface area contributed by atoms with Crippen molar-refractivity contribution in [3.63, 3.8) is 0 Å². The van der Waals surface area contributed by atoms with Crippen LogP contribution < -0.4 is 9.64 Å². The van der Waals surface area contributed by atoms with Crippen LogP contribution in [0.25, 0.3) is 0 Å². The summed E-state index contributed by atoms with van der Waals surface area (Å²) in [6.07, 6.45) is 15.0. The van der Waals surface area contributed by atoms with Crippen molar-refractivity contribution in [3.8, 4) is 5.75 Å². The average molecular weight is 958 g/mol. The van der Waals surface area contributed by atoms with Gasteiger partial charge in [-0.3, -0.25) is 13.9 Å². The lowest BCUT2D eigenvalue weighted by Crippen LogP contribution is -2.37. The first kappa shape index (κ1) is 51.7. The molecule has 0 aromatic heterocycles. The van der Waals surface area contributed by atoms with Crippen molar-refractivity contribution >= 4 is 43.1 Å². The van der Waals surface area contributed by atoms with E-state index in [0.29, 0.717) is 43.9 Å². The van der Waals surface area contributed by atoms with E-state index in [1.807, 2.05) is 24.3 Å². The standard InChI is InChI=1S/C53H71N4O8S2/c1-38(2)34-44(58)22-16-39-17-23-45(24-18-39)65-52-40(19-21-43-35-42-36-46(66(59,60)61)25-27-49(42)54(43)30-12-32-56(5,6)7)14-11-15-41(52)20-29-51-53(3,4)48-37-47(67(62,63)64)26-28-50(48)55(51)31-13-33-57(8,9)10/h17-21,23-29,36-38H,11-16,22,30-35H2,1-10H3/q+1/p+2. The Kier molecular flexibility index (Phi) is 15.8. The van der Waals surface area contributed by atoms with Gasteiger partial charge in [0.1, 0.15) is 17.3 Å². The molecular formula is C53H73N4O8S2+3. The molecule has 3 aromatic carbocycles. The van der Waals surface area contributed by atoms with Gasteiger partial charge in [0.25, 0.3) is 20.2 Å². The van der Waals surface area contributed by atoms with Crippen LogP contribution in [0.3, 0.4) is 0 Å². The van der Waals surface area contributed by atoms with E-state index in [2.05, 4.69) is 104 Å². The Labute approximate surface area is 400 Å². The van der Waals surface area contributed by atoms with Crippen molar-refractivity contribution < 1.29 is 49.0 Å². The summed E-state index contributed by atoms with van der Waals surface area (Å²) >= 11 is 0. The number of hydrogen-bond donors (Lipinski definition) is 2. The normalized spacial score (nSPS) is 18.0. The van der Waals surface area contributed by atoms with Gasteiger partial charge in [-0.25, -0.2) is 0 Å². The SMILES string of the molecule is CC(C)CC(=O)CCc1ccc(OC2=C(/C=C/C3=[N+](CCC[N+](C)(C)C)c4ccc(S(=O)(=O)O)cc4C3(C)C)CCC/C2=C\C=C2/Cc3cc(S(=O)(=O)O)ccc3N2CCC[N+](C)(C)C)cc1. The second-order valence-corrected chi connectivity index (χ2v) is 24.3. The smallest absolute Gasteiger partial charge is 0.294 e. The number of carbonyl (C=O) groups is 1. The Morgan fingerprint density at radius 1 is 0.836 bits per heavy atom. The molecule has 0 fully saturated rings. The molecule has 0 unspecified atom stereocenters. The third-order valence-corrected chi connectivity index (χ3v) is 14.5. The molecule has 2 N–H and O–H groups in total. The summed E-state index contributed by atoms with van der Waals surface area (Å²) in [6.45, 7) is 11.6. The summed E-state index contributed by atoms with van der Waals surface area (Å²) in [5.41, 5.74) is 8.02. The topological polar surface area (TPSA) is 141 Å². The van der Waals surface area contributed by atoms with E-state index in [0.717, 1.165) is 117 Å². The predicted octanol–water partition coefficient (Wildman–Crippen LogP) is 9.24. The number of anilines is 1. The Balaban J connectivity index is 1.43. The zero-order chi connectivity index (χ0) is 49.1. The van der Waals surface area contributed by atoms with E-state index in [4.69, 9.17) is 4.74 Å². The van der Waals surface area contributed by atoms with Crippen LogP contribution in [0.2, 0.25) is 0 Å². The number of allylic oxidation sites excluding steroid dienone is 7. The first-order valence-electron chi connectivity index (χ1n) is 23.6. The van der Waals surface area contributed by atoms with Gasteiger partial charge in [-0.05, 0) is 122 Å². The van der Waals surface area contributed by atoms with Crippen LogP contribution in [0.15, 0.2) is 117 Å². The van der Waals surface area contributed by atoms with Crippen LogP contribution in [0.1, 0.15) is 89.3 Å². The van der Waals surface area contributed by atoms with E-state index in [1.165, 1.54) is 12.1 Å². The third-order valence-electron chi connectivity index (χ3n) is 12.8. The van der Waals surface area contributed by atoms with Gasteiger partial charge in [-0.2, -0.15) is 21.4 Å². The first-order valence-corrected chi connectivity index (χ1v) is 26.4. The molecule has 0 amide bonds. The van der Waals surface area contributed by atoms with Gasteiger partial charge in [-0.15, -0.1) is 0 Å². The van der Waals surface area contributed by atoms with Crippen molar-refractivity contribution in [2.45, 2.75) is 101 Å². The fourth-order valence-electron chi connectivity index (χ4n) is 9.36. The van der Waals surface area contributed by atoms with Crippen molar-refractivity contribution in [2.24, 2.45) is 5.92 Å². The Morgan fingerprint density at radius 3 is 2.12 bits per heavy atom. The summed E-state index contributed by atoms with van der Waals surface area (Å²) in [6, 6.07) is 17.7. The van der Waals surface area contributed by atoms with E-state index < -0.39 is 25.7 Å². The molecule has 362 valence electrons. The number of fused-ring (bicyclic) bond motifs is 2. The van der Waals surface area contributed by atoms with Gasteiger partial charge in [-0.1, -0.05) is 32.1 Å². The average Bonchev–Trinajstić information content (AvgIpc) is 3.67. The molecule has 0 radical (unpaired) electrons. The lowest BCUT2D eigenvalue weighted by atomic mass is 9.81. The second kappa shape index (κ2) is 20.5. The molecule has 3 aliphatic rings. The highest BCUT2D eigenvalue weighted by atomic mass is 32.2. The zero-order valence-corrected chi connectivity index (χ0v) is 42.9. The molecule has 0 bridgehead atoms. The molecule has 3 aromatic rings. The molecule has 1 aliphatic carbocycles. The number of ether oxygens (including phenoxy) is 1. The molecular weight excluding hydrogens is 885 g/mol. The molecule has 6 rings (SSSR count). The number of quaternary nitrogens is 2. The monoisotopic (exact) mass is 957 g/mol. The van der Waals surface area contributed by atoms with Crippen LogP contribution in [0.5, 0.6) is 5.75 Å². The predicted molar refractivity (Wildman–Crippen MR) is 267 cm³/mol. The van der Waals surface area contributed by atoms with E-state index in [9.17, 15) is 30.7 Å². The Morgan fingerprint density at radius 2 is 1.48 bits per heavy atom.